The van der Waals surface area contributed by atoms with E-state index in [-0.39, 0.29) is 0 Å². The normalized spacial score (nSPS) is 15.5. The van der Waals surface area contributed by atoms with Crippen LogP contribution in [0.5, 0.6) is 0 Å². The Kier molecular flexibility index (Phi) is 9.79. The molecule has 0 fully saturated rings. The molecule has 0 aromatic heterocycles. The van der Waals surface area contributed by atoms with Crippen molar-refractivity contribution < 1.29 is 0 Å². The lowest BCUT2D eigenvalue weighted by Crippen LogP contribution is -2.49. The van der Waals surface area contributed by atoms with Crippen molar-refractivity contribution in [2.75, 3.05) is 33.7 Å². The van der Waals surface area contributed by atoms with Crippen molar-refractivity contribution in [2.24, 2.45) is 5.73 Å². The summed E-state index contributed by atoms with van der Waals surface area (Å²) in [5.41, 5.74) is 6.32. The fraction of sp³-hybridized carbons (Fsp3) is 1.00. The van der Waals surface area contributed by atoms with Crippen molar-refractivity contribution in [3.05, 3.63) is 0 Å². The molecule has 0 rings (SSSR count). The van der Waals surface area contributed by atoms with Crippen molar-refractivity contribution in [3.8, 4) is 0 Å². The Bertz CT molecular complexity index is 171. The first-order chi connectivity index (χ1) is 8.06. The number of nitrogens with zero attached hydrogens (tertiary/aromatic N) is 2. The molecule has 3 nitrogen and oxygen atoms in total. The van der Waals surface area contributed by atoms with Crippen LogP contribution in [0.25, 0.3) is 0 Å². The third-order valence-corrected chi connectivity index (χ3v) is 3.35. The Morgan fingerprint density at radius 2 is 1.59 bits per heavy atom. The van der Waals surface area contributed by atoms with Crippen molar-refractivity contribution in [2.45, 2.75) is 58.5 Å². The molecule has 104 valence electrons. The van der Waals surface area contributed by atoms with E-state index in [2.05, 4.69) is 44.7 Å². The molecule has 0 aliphatic carbocycles. The van der Waals surface area contributed by atoms with Gasteiger partial charge in [0.1, 0.15) is 0 Å². The predicted molar refractivity (Wildman–Crippen MR) is 77.4 cm³/mol. The molecule has 3 heteroatoms. The minimum absolute atomic E-state index is 0.332. The van der Waals surface area contributed by atoms with E-state index < -0.39 is 0 Å². The minimum Gasteiger partial charge on any atom is -0.326 e. The van der Waals surface area contributed by atoms with Gasteiger partial charge in [0, 0.05) is 25.2 Å². The van der Waals surface area contributed by atoms with Gasteiger partial charge in [-0.25, -0.2) is 0 Å². The summed E-state index contributed by atoms with van der Waals surface area (Å²) in [5.74, 6) is 0. The van der Waals surface area contributed by atoms with Gasteiger partial charge < -0.3 is 10.6 Å². The molecule has 0 saturated heterocycles. The van der Waals surface area contributed by atoms with Gasteiger partial charge >= 0.3 is 0 Å². The second-order valence-corrected chi connectivity index (χ2v) is 5.27. The molecule has 0 radical (unpaired) electrons. The van der Waals surface area contributed by atoms with Crippen LogP contribution in [0.2, 0.25) is 0 Å². The number of likely N-dealkylation sites (N-methyl/N-ethyl adjacent to an activating group) is 1. The molecular weight excluding hydrogens is 210 g/mol. The van der Waals surface area contributed by atoms with Crippen LogP contribution in [-0.2, 0) is 0 Å². The lowest BCUT2D eigenvalue weighted by molar-refractivity contribution is 0.148. The van der Waals surface area contributed by atoms with Gasteiger partial charge in [-0.05, 0) is 39.9 Å². The topological polar surface area (TPSA) is 32.5 Å². The van der Waals surface area contributed by atoms with E-state index in [0.717, 1.165) is 25.9 Å². The zero-order valence-corrected chi connectivity index (χ0v) is 12.6. The zero-order chi connectivity index (χ0) is 13.3. The van der Waals surface area contributed by atoms with E-state index in [1.165, 1.54) is 19.4 Å². The molecule has 2 atom stereocenters. The summed E-state index contributed by atoms with van der Waals surface area (Å²) < 4.78 is 0. The van der Waals surface area contributed by atoms with Gasteiger partial charge in [0.2, 0.25) is 0 Å². The van der Waals surface area contributed by atoms with Crippen LogP contribution >= 0.6 is 0 Å². The standard InChI is InChI=1S/C14H33N3/c1-6-9-13(15)14(8-3)17(10-7-2)12-11-16(4)5/h13-14H,6-12,15H2,1-5H3. The summed E-state index contributed by atoms with van der Waals surface area (Å²) in [6.45, 7) is 10.2. The first kappa shape index (κ1) is 16.9. The second kappa shape index (κ2) is 9.86. The van der Waals surface area contributed by atoms with Crippen molar-refractivity contribution in [3.63, 3.8) is 0 Å². The van der Waals surface area contributed by atoms with Crippen LogP contribution in [0.1, 0.15) is 46.5 Å². The number of hydrogen-bond donors (Lipinski definition) is 1. The van der Waals surface area contributed by atoms with Crippen molar-refractivity contribution >= 4 is 0 Å². The zero-order valence-electron chi connectivity index (χ0n) is 12.6. The molecule has 0 aromatic rings. The maximum atomic E-state index is 6.32. The summed E-state index contributed by atoms with van der Waals surface area (Å²) in [4.78, 5) is 4.83. The Hall–Kier alpha value is -0.120. The van der Waals surface area contributed by atoms with E-state index in [4.69, 9.17) is 5.73 Å². The number of hydrogen-bond acceptors (Lipinski definition) is 3. The Labute approximate surface area is 108 Å². The minimum atomic E-state index is 0.332. The van der Waals surface area contributed by atoms with Gasteiger partial charge in [0.05, 0.1) is 0 Å². The number of nitrogens with two attached hydrogens (primary N) is 1. The SMILES string of the molecule is CCCC(N)C(CC)N(CCC)CCN(C)C. The lowest BCUT2D eigenvalue weighted by Gasteiger charge is -2.35. The van der Waals surface area contributed by atoms with Crippen LogP contribution in [0.4, 0.5) is 0 Å². The maximum Gasteiger partial charge on any atom is 0.0245 e. The summed E-state index contributed by atoms with van der Waals surface area (Å²) in [7, 11) is 4.27. The average molecular weight is 243 g/mol. The van der Waals surface area contributed by atoms with Crippen LogP contribution in [-0.4, -0.2) is 55.6 Å². The molecule has 2 N–H and O–H groups in total. The van der Waals surface area contributed by atoms with E-state index in [1.807, 2.05) is 0 Å². The van der Waals surface area contributed by atoms with Crippen molar-refractivity contribution in [1.82, 2.24) is 9.80 Å². The largest absolute Gasteiger partial charge is 0.326 e. The summed E-state index contributed by atoms with van der Waals surface area (Å²) in [5, 5.41) is 0. The third kappa shape index (κ3) is 7.02. The van der Waals surface area contributed by atoms with Gasteiger partial charge in [0.25, 0.3) is 0 Å². The Morgan fingerprint density at radius 1 is 0.941 bits per heavy atom. The fourth-order valence-corrected chi connectivity index (χ4v) is 2.42. The summed E-state index contributed by atoms with van der Waals surface area (Å²) >= 11 is 0. The van der Waals surface area contributed by atoms with Gasteiger partial charge in [0.15, 0.2) is 0 Å². The van der Waals surface area contributed by atoms with Gasteiger partial charge in [-0.3, -0.25) is 4.90 Å². The molecule has 2 unspecified atom stereocenters. The molecule has 0 heterocycles. The maximum absolute atomic E-state index is 6.32. The van der Waals surface area contributed by atoms with Crippen LogP contribution in [0.3, 0.4) is 0 Å². The third-order valence-electron chi connectivity index (χ3n) is 3.35. The first-order valence-electron chi connectivity index (χ1n) is 7.21. The van der Waals surface area contributed by atoms with Crippen LogP contribution in [0, 0.1) is 0 Å². The van der Waals surface area contributed by atoms with E-state index in [9.17, 15) is 0 Å². The van der Waals surface area contributed by atoms with Gasteiger partial charge in [-0.2, -0.15) is 0 Å². The molecule has 0 saturated carbocycles. The molecule has 0 spiro atoms. The highest BCUT2D eigenvalue weighted by Gasteiger charge is 2.21. The van der Waals surface area contributed by atoms with E-state index >= 15 is 0 Å². The molecule has 0 aliphatic rings. The average Bonchev–Trinajstić information content (AvgIpc) is 2.27. The highest BCUT2D eigenvalue weighted by molar-refractivity contribution is 4.81. The Morgan fingerprint density at radius 3 is 2.00 bits per heavy atom. The Balaban J connectivity index is 4.38. The molecule has 0 aliphatic heterocycles. The first-order valence-corrected chi connectivity index (χ1v) is 7.21. The van der Waals surface area contributed by atoms with Crippen molar-refractivity contribution in [1.29, 1.82) is 0 Å². The molecular formula is C14H33N3. The molecule has 0 aromatic carbocycles. The van der Waals surface area contributed by atoms with E-state index in [0.29, 0.717) is 12.1 Å². The molecule has 0 amide bonds. The number of rotatable bonds is 10. The second-order valence-electron chi connectivity index (χ2n) is 5.27. The molecule has 17 heavy (non-hydrogen) atoms. The monoisotopic (exact) mass is 243 g/mol. The summed E-state index contributed by atoms with van der Waals surface area (Å²) in [6.07, 6.45) is 4.70. The summed E-state index contributed by atoms with van der Waals surface area (Å²) in [6, 6.07) is 0.883. The van der Waals surface area contributed by atoms with Crippen LogP contribution in [0.15, 0.2) is 0 Å². The highest BCUT2D eigenvalue weighted by Crippen LogP contribution is 2.12. The predicted octanol–water partition coefficient (Wildman–Crippen LogP) is 2.17. The van der Waals surface area contributed by atoms with Crippen LogP contribution < -0.4 is 5.73 Å². The lowest BCUT2D eigenvalue weighted by atomic mass is 10.00. The molecule has 0 bridgehead atoms. The van der Waals surface area contributed by atoms with Gasteiger partial charge in [-0.15, -0.1) is 0 Å². The highest BCUT2D eigenvalue weighted by atomic mass is 15.2. The van der Waals surface area contributed by atoms with E-state index in [1.54, 1.807) is 0 Å². The fourth-order valence-electron chi connectivity index (χ4n) is 2.42. The quantitative estimate of drug-likeness (QED) is 0.638. The smallest absolute Gasteiger partial charge is 0.0245 e. The van der Waals surface area contributed by atoms with Gasteiger partial charge in [-0.1, -0.05) is 27.2 Å².